The van der Waals surface area contributed by atoms with Gasteiger partial charge in [0.1, 0.15) is 0 Å². The molecule has 0 saturated carbocycles. The van der Waals surface area contributed by atoms with E-state index in [9.17, 15) is 4.79 Å². The molecule has 0 fully saturated rings. The van der Waals surface area contributed by atoms with Gasteiger partial charge in [0.2, 0.25) is 0 Å². The molecule has 0 aromatic heterocycles. The maximum absolute atomic E-state index is 11.0. The van der Waals surface area contributed by atoms with Crippen LogP contribution < -0.4 is 0 Å². The number of hydrogen-bond donors (Lipinski definition) is 1. The molecule has 0 heterocycles. The predicted molar refractivity (Wildman–Crippen MR) is 81.5 cm³/mol. The SMILES string of the molecule is Cc1ccc(C(C)C)cc1Cc1cccc(C(=O)O)c1. The summed E-state index contributed by atoms with van der Waals surface area (Å²) in [4.78, 5) is 11.0. The van der Waals surface area contributed by atoms with Gasteiger partial charge in [0, 0.05) is 0 Å². The number of carbonyl (C=O) groups is 1. The fraction of sp³-hybridized carbons (Fsp3) is 0.278. The van der Waals surface area contributed by atoms with Gasteiger partial charge in [-0.2, -0.15) is 0 Å². The van der Waals surface area contributed by atoms with E-state index in [2.05, 4.69) is 39.0 Å². The second-order valence-corrected chi connectivity index (χ2v) is 5.52. The lowest BCUT2D eigenvalue weighted by molar-refractivity contribution is 0.0697. The number of hydrogen-bond acceptors (Lipinski definition) is 1. The molecule has 1 N–H and O–H groups in total. The summed E-state index contributed by atoms with van der Waals surface area (Å²) in [5.41, 5.74) is 5.21. The van der Waals surface area contributed by atoms with E-state index >= 15 is 0 Å². The first kappa shape index (κ1) is 14.3. The zero-order chi connectivity index (χ0) is 14.7. The number of rotatable bonds is 4. The van der Waals surface area contributed by atoms with Crippen molar-refractivity contribution in [3.63, 3.8) is 0 Å². The van der Waals surface area contributed by atoms with Crippen molar-refractivity contribution in [2.24, 2.45) is 0 Å². The zero-order valence-corrected chi connectivity index (χ0v) is 12.2. The Hall–Kier alpha value is -2.09. The molecular formula is C18H20O2. The standard InChI is InChI=1S/C18H20O2/c1-12(2)15-8-7-13(3)17(11-15)10-14-5-4-6-16(9-14)18(19)20/h4-9,11-12H,10H2,1-3H3,(H,19,20). The summed E-state index contributed by atoms with van der Waals surface area (Å²) in [7, 11) is 0. The Morgan fingerprint density at radius 3 is 2.55 bits per heavy atom. The second-order valence-electron chi connectivity index (χ2n) is 5.52. The van der Waals surface area contributed by atoms with Crippen LogP contribution in [-0.4, -0.2) is 11.1 Å². The molecule has 2 aromatic rings. The van der Waals surface area contributed by atoms with Crippen LogP contribution in [0.4, 0.5) is 0 Å². The first-order valence-corrected chi connectivity index (χ1v) is 6.89. The monoisotopic (exact) mass is 268 g/mol. The maximum atomic E-state index is 11.0. The molecule has 0 unspecified atom stereocenters. The molecule has 0 bridgehead atoms. The van der Waals surface area contributed by atoms with E-state index < -0.39 is 5.97 Å². The molecule has 0 atom stereocenters. The van der Waals surface area contributed by atoms with Gasteiger partial charge in [-0.15, -0.1) is 0 Å². The summed E-state index contributed by atoms with van der Waals surface area (Å²) in [5, 5.41) is 9.05. The highest BCUT2D eigenvalue weighted by Gasteiger charge is 2.07. The van der Waals surface area contributed by atoms with Gasteiger partial charge in [-0.3, -0.25) is 0 Å². The summed E-state index contributed by atoms with van der Waals surface area (Å²) in [6.07, 6.45) is 0.771. The summed E-state index contributed by atoms with van der Waals surface area (Å²) in [5.74, 6) is -0.376. The molecule has 0 aliphatic heterocycles. The molecule has 2 heteroatoms. The molecule has 0 aliphatic rings. The van der Waals surface area contributed by atoms with Gasteiger partial charge in [0.05, 0.1) is 5.56 Å². The Kier molecular flexibility index (Phi) is 4.23. The van der Waals surface area contributed by atoms with Crippen LogP contribution in [0.5, 0.6) is 0 Å². The fourth-order valence-corrected chi connectivity index (χ4v) is 2.28. The van der Waals surface area contributed by atoms with Gasteiger partial charge in [0.25, 0.3) is 0 Å². The molecule has 0 amide bonds. The third-order valence-corrected chi connectivity index (χ3v) is 3.61. The number of aromatic carboxylic acids is 1. The minimum Gasteiger partial charge on any atom is -0.478 e. The zero-order valence-electron chi connectivity index (χ0n) is 12.2. The lowest BCUT2D eigenvalue weighted by Crippen LogP contribution is -1.99. The topological polar surface area (TPSA) is 37.3 Å². The molecule has 2 nitrogen and oxygen atoms in total. The Morgan fingerprint density at radius 1 is 1.15 bits per heavy atom. The fourth-order valence-electron chi connectivity index (χ4n) is 2.28. The van der Waals surface area contributed by atoms with Gasteiger partial charge >= 0.3 is 5.97 Å². The van der Waals surface area contributed by atoms with Crippen molar-refractivity contribution in [2.45, 2.75) is 33.1 Å². The van der Waals surface area contributed by atoms with Gasteiger partial charge in [-0.05, 0) is 53.6 Å². The molecule has 2 aromatic carbocycles. The minimum absolute atomic E-state index is 0.347. The van der Waals surface area contributed by atoms with Crippen LogP contribution in [-0.2, 0) is 6.42 Å². The first-order valence-electron chi connectivity index (χ1n) is 6.89. The second kappa shape index (κ2) is 5.91. The van der Waals surface area contributed by atoms with Gasteiger partial charge in [0.15, 0.2) is 0 Å². The van der Waals surface area contributed by atoms with Crippen molar-refractivity contribution in [3.8, 4) is 0 Å². The average molecular weight is 268 g/mol. The molecule has 104 valence electrons. The van der Waals surface area contributed by atoms with Crippen LogP contribution in [0, 0.1) is 6.92 Å². The molecule has 0 spiro atoms. The minimum atomic E-state index is -0.875. The van der Waals surface area contributed by atoms with Crippen LogP contribution in [0.2, 0.25) is 0 Å². The molecular weight excluding hydrogens is 248 g/mol. The summed E-state index contributed by atoms with van der Waals surface area (Å²) >= 11 is 0. The number of carboxylic acid groups (broad SMARTS) is 1. The van der Waals surface area contributed by atoms with Crippen molar-refractivity contribution >= 4 is 5.97 Å². The van der Waals surface area contributed by atoms with Crippen LogP contribution in [0.1, 0.15) is 52.4 Å². The summed E-state index contributed by atoms with van der Waals surface area (Å²) in [6.45, 7) is 6.46. The third-order valence-electron chi connectivity index (χ3n) is 3.61. The van der Waals surface area contributed by atoms with E-state index in [-0.39, 0.29) is 0 Å². The summed E-state index contributed by atoms with van der Waals surface area (Å²) in [6, 6.07) is 13.7. The van der Waals surface area contributed by atoms with Crippen molar-refractivity contribution in [2.75, 3.05) is 0 Å². The highest BCUT2D eigenvalue weighted by atomic mass is 16.4. The van der Waals surface area contributed by atoms with E-state index in [0.717, 1.165) is 12.0 Å². The van der Waals surface area contributed by atoms with E-state index in [0.29, 0.717) is 11.5 Å². The Balaban J connectivity index is 2.32. The predicted octanol–water partition coefficient (Wildman–Crippen LogP) is 4.41. The van der Waals surface area contributed by atoms with Crippen molar-refractivity contribution in [3.05, 3.63) is 70.3 Å². The van der Waals surface area contributed by atoms with E-state index in [4.69, 9.17) is 5.11 Å². The van der Waals surface area contributed by atoms with Gasteiger partial charge < -0.3 is 5.11 Å². The Bertz CT molecular complexity index is 627. The van der Waals surface area contributed by atoms with Gasteiger partial charge in [-0.25, -0.2) is 4.79 Å². The van der Waals surface area contributed by atoms with Crippen LogP contribution in [0.3, 0.4) is 0 Å². The van der Waals surface area contributed by atoms with Gasteiger partial charge in [-0.1, -0.05) is 44.2 Å². The maximum Gasteiger partial charge on any atom is 0.335 e. The molecule has 0 radical (unpaired) electrons. The van der Waals surface area contributed by atoms with Crippen LogP contribution in [0.25, 0.3) is 0 Å². The number of carboxylic acids is 1. The van der Waals surface area contributed by atoms with Crippen LogP contribution >= 0.6 is 0 Å². The smallest absolute Gasteiger partial charge is 0.335 e. The molecule has 0 saturated heterocycles. The number of benzene rings is 2. The quantitative estimate of drug-likeness (QED) is 0.892. The lowest BCUT2D eigenvalue weighted by atomic mass is 9.94. The number of aryl methyl sites for hydroxylation is 1. The first-order chi connectivity index (χ1) is 9.47. The van der Waals surface area contributed by atoms with Crippen LogP contribution in [0.15, 0.2) is 42.5 Å². The Morgan fingerprint density at radius 2 is 1.90 bits per heavy atom. The van der Waals surface area contributed by atoms with E-state index in [1.54, 1.807) is 18.2 Å². The van der Waals surface area contributed by atoms with Crippen molar-refractivity contribution in [1.82, 2.24) is 0 Å². The summed E-state index contributed by atoms with van der Waals surface area (Å²) < 4.78 is 0. The third kappa shape index (κ3) is 3.27. The van der Waals surface area contributed by atoms with Crippen molar-refractivity contribution < 1.29 is 9.90 Å². The Labute approximate surface area is 120 Å². The highest BCUT2D eigenvalue weighted by Crippen LogP contribution is 2.21. The highest BCUT2D eigenvalue weighted by molar-refractivity contribution is 5.87. The molecule has 0 aliphatic carbocycles. The van der Waals surface area contributed by atoms with Crippen molar-refractivity contribution in [1.29, 1.82) is 0 Å². The lowest BCUT2D eigenvalue weighted by Gasteiger charge is -2.12. The molecule has 2 rings (SSSR count). The van der Waals surface area contributed by atoms with E-state index in [1.165, 1.54) is 16.7 Å². The largest absolute Gasteiger partial charge is 0.478 e. The molecule has 20 heavy (non-hydrogen) atoms. The average Bonchev–Trinajstić information content (AvgIpc) is 2.41. The normalized spacial score (nSPS) is 10.8. The van der Waals surface area contributed by atoms with E-state index in [1.807, 2.05) is 6.07 Å².